The summed E-state index contributed by atoms with van der Waals surface area (Å²) >= 11 is 1.29. The number of thiazole rings is 1. The molecular formula is C28H29N5O3S. The lowest BCUT2D eigenvalue weighted by Gasteiger charge is -2.21. The van der Waals surface area contributed by atoms with Crippen molar-refractivity contribution in [2.24, 2.45) is 10.7 Å². The fourth-order valence-corrected chi connectivity index (χ4v) is 4.17. The van der Waals surface area contributed by atoms with Gasteiger partial charge in [0.2, 0.25) is 11.8 Å². The van der Waals surface area contributed by atoms with Crippen molar-refractivity contribution in [2.75, 3.05) is 11.9 Å². The van der Waals surface area contributed by atoms with Gasteiger partial charge < -0.3 is 16.4 Å². The first-order valence-corrected chi connectivity index (χ1v) is 12.4. The third-order valence-corrected chi connectivity index (χ3v) is 6.54. The van der Waals surface area contributed by atoms with Gasteiger partial charge in [0.05, 0.1) is 17.7 Å². The van der Waals surface area contributed by atoms with Crippen LogP contribution in [0.5, 0.6) is 0 Å². The normalized spacial score (nSPS) is 11.8. The van der Waals surface area contributed by atoms with E-state index in [2.05, 4.69) is 27.3 Å². The van der Waals surface area contributed by atoms with E-state index in [1.807, 2.05) is 48.7 Å². The van der Waals surface area contributed by atoms with E-state index >= 15 is 0 Å². The van der Waals surface area contributed by atoms with E-state index in [0.717, 1.165) is 22.4 Å². The lowest BCUT2D eigenvalue weighted by molar-refractivity contribution is -0.122. The number of aromatic nitrogens is 1. The van der Waals surface area contributed by atoms with Crippen LogP contribution in [0, 0.1) is 0 Å². The number of hydrogen-bond acceptors (Lipinski definition) is 6. The van der Waals surface area contributed by atoms with Gasteiger partial charge in [-0.15, -0.1) is 11.3 Å². The summed E-state index contributed by atoms with van der Waals surface area (Å²) in [6.45, 7) is 8.55. The van der Waals surface area contributed by atoms with E-state index in [9.17, 15) is 14.4 Å². The maximum atomic E-state index is 12.6. The highest BCUT2D eigenvalue weighted by Crippen LogP contribution is 2.28. The number of primary amides is 1. The van der Waals surface area contributed by atoms with E-state index in [4.69, 9.17) is 5.73 Å². The molecule has 9 heteroatoms. The van der Waals surface area contributed by atoms with Crippen molar-refractivity contribution < 1.29 is 14.4 Å². The second-order valence-corrected chi connectivity index (χ2v) is 9.52. The van der Waals surface area contributed by atoms with Gasteiger partial charge in [0, 0.05) is 22.7 Å². The van der Waals surface area contributed by atoms with Crippen LogP contribution in [-0.2, 0) is 15.0 Å². The van der Waals surface area contributed by atoms with Crippen molar-refractivity contribution in [3.8, 4) is 11.3 Å². The topological polar surface area (TPSA) is 127 Å². The zero-order chi connectivity index (χ0) is 27.0. The van der Waals surface area contributed by atoms with Gasteiger partial charge in [-0.25, -0.2) is 4.98 Å². The summed E-state index contributed by atoms with van der Waals surface area (Å²) in [5, 5.41) is 7.59. The Morgan fingerprint density at radius 1 is 1.14 bits per heavy atom. The minimum atomic E-state index is -0.927. The number of carbonyl (C=O) groups is 3. The lowest BCUT2D eigenvalue weighted by Crippen LogP contribution is -2.36. The van der Waals surface area contributed by atoms with Gasteiger partial charge >= 0.3 is 0 Å². The van der Waals surface area contributed by atoms with Crippen LogP contribution in [0.15, 0.2) is 77.3 Å². The van der Waals surface area contributed by atoms with Crippen LogP contribution in [0.3, 0.4) is 0 Å². The molecule has 2 aromatic carbocycles. The Bertz CT molecular complexity index is 1390. The molecule has 37 heavy (non-hydrogen) atoms. The van der Waals surface area contributed by atoms with E-state index in [0.29, 0.717) is 16.3 Å². The zero-order valence-electron chi connectivity index (χ0n) is 20.9. The second kappa shape index (κ2) is 12.0. The summed E-state index contributed by atoms with van der Waals surface area (Å²) in [7, 11) is 0. The zero-order valence-corrected chi connectivity index (χ0v) is 21.8. The number of nitrogens with one attached hydrogen (secondary N) is 2. The van der Waals surface area contributed by atoms with Crippen LogP contribution in [-0.4, -0.2) is 36.0 Å². The van der Waals surface area contributed by atoms with Gasteiger partial charge in [0.25, 0.3) is 5.91 Å². The smallest absolute Gasteiger partial charge is 0.251 e. The molecule has 0 spiro atoms. The number of nitrogens with two attached hydrogens (primary N) is 1. The molecule has 0 radical (unpaired) electrons. The largest absolute Gasteiger partial charge is 0.369 e. The van der Waals surface area contributed by atoms with Crippen molar-refractivity contribution in [2.45, 2.75) is 26.2 Å². The summed E-state index contributed by atoms with van der Waals surface area (Å²) in [6.07, 6.45) is 5.49. The Kier molecular flexibility index (Phi) is 8.86. The molecule has 0 atom stereocenters. The monoisotopic (exact) mass is 515 g/mol. The second-order valence-electron chi connectivity index (χ2n) is 8.66. The van der Waals surface area contributed by atoms with Crippen LogP contribution in [0.1, 0.15) is 42.3 Å². The van der Waals surface area contributed by atoms with E-state index in [1.165, 1.54) is 11.3 Å². The predicted octanol–water partition coefficient (Wildman–Crippen LogP) is 4.56. The molecule has 8 nitrogen and oxygen atoms in total. The number of benzene rings is 2. The highest BCUT2D eigenvalue weighted by Gasteiger charge is 2.27. The van der Waals surface area contributed by atoms with Gasteiger partial charge in [-0.1, -0.05) is 36.4 Å². The number of hydrogen-bond donors (Lipinski definition) is 3. The number of allylic oxidation sites excluding steroid dienone is 3. The minimum absolute atomic E-state index is 0.235. The molecular weight excluding hydrogens is 486 g/mol. The van der Waals surface area contributed by atoms with Gasteiger partial charge in [-0.3, -0.25) is 19.4 Å². The quantitative estimate of drug-likeness (QED) is 0.270. The average Bonchev–Trinajstić information content (AvgIpc) is 3.36. The van der Waals surface area contributed by atoms with Crippen LogP contribution in [0.2, 0.25) is 0 Å². The number of anilines is 1. The Balaban J connectivity index is 1.63. The Morgan fingerprint density at radius 3 is 2.57 bits per heavy atom. The Morgan fingerprint density at radius 2 is 1.86 bits per heavy atom. The molecule has 0 saturated carbocycles. The molecule has 0 fully saturated rings. The number of aliphatic imine (C=N–C) groups is 1. The van der Waals surface area contributed by atoms with E-state index in [-0.39, 0.29) is 6.54 Å². The summed E-state index contributed by atoms with van der Waals surface area (Å²) in [5.74, 6) is -1.34. The average molecular weight is 516 g/mol. The molecule has 0 aliphatic rings. The van der Waals surface area contributed by atoms with Gasteiger partial charge in [0.1, 0.15) is 0 Å². The van der Waals surface area contributed by atoms with Gasteiger partial charge in [0.15, 0.2) is 5.13 Å². The van der Waals surface area contributed by atoms with Crippen LogP contribution in [0.25, 0.3) is 16.8 Å². The van der Waals surface area contributed by atoms with Crippen molar-refractivity contribution in [1.82, 2.24) is 10.3 Å². The Labute approximate surface area is 220 Å². The SMILES string of the molecule is C=N/C=C\C(=C/C)c1cccc(-c2csc(NC(=O)CNC(=O)c3cccc(C(C)(C)C(N)=O)c3)n2)c1. The molecule has 0 unspecified atom stereocenters. The lowest BCUT2D eigenvalue weighted by atomic mass is 9.83. The van der Waals surface area contributed by atoms with Crippen LogP contribution < -0.4 is 16.4 Å². The molecule has 0 bridgehead atoms. The molecule has 3 amide bonds. The third kappa shape index (κ3) is 6.86. The van der Waals surface area contributed by atoms with Crippen molar-refractivity contribution in [1.29, 1.82) is 0 Å². The highest BCUT2D eigenvalue weighted by molar-refractivity contribution is 7.14. The predicted molar refractivity (Wildman–Crippen MR) is 150 cm³/mol. The molecule has 1 heterocycles. The first-order valence-electron chi connectivity index (χ1n) is 11.5. The number of rotatable bonds is 10. The number of nitrogens with zero attached hydrogens (tertiary/aromatic N) is 2. The maximum Gasteiger partial charge on any atom is 0.251 e. The molecule has 190 valence electrons. The number of amides is 3. The van der Waals surface area contributed by atoms with Crippen LogP contribution in [0.4, 0.5) is 5.13 Å². The first-order chi connectivity index (χ1) is 17.6. The standard InChI is InChI=1S/C28H29N5O3S/c1-5-18(12-13-30-4)19-8-6-9-20(14-19)23-17-37-27(32-23)33-24(34)16-31-25(35)21-10-7-11-22(15-21)28(2,3)26(29)36/h5-15,17H,4,16H2,1-3H3,(H2,29,36)(H,31,35)(H,32,33,34)/b13-12-,18-5+. The maximum absolute atomic E-state index is 12.6. The molecule has 4 N–H and O–H groups in total. The van der Waals surface area contributed by atoms with Gasteiger partial charge in [-0.2, -0.15) is 0 Å². The fourth-order valence-electron chi connectivity index (χ4n) is 3.43. The summed E-state index contributed by atoms with van der Waals surface area (Å²) in [4.78, 5) is 45.0. The third-order valence-electron chi connectivity index (χ3n) is 5.78. The molecule has 0 saturated heterocycles. The van der Waals surface area contributed by atoms with Crippen molar-refractivity contribution in [3.05, 3.63) is 89.0 Å². The Hall–Kier alpha value is -4.37. The highest BCUT2D eigenvalue weighted by atomic mass is 32.1. The molecule has 3 rings (SSSR count). The summed E-state index contributed by atoms with van der Waals surface area (Å²) in [5.41, 5.74) is 9.12. The molecule has 3 aromatic rings. The van der Waals surface area contributed by atoms with E-state index < -0.39 is 23.1 Å². The molecule has 1 aromatic heterocycles. The van der Waals surface area contributed by atoms with Crippen LogP contribution >= 0.6 is 11.3 Å². The minimum Gasteiger partial charge on any atom is -0.369 e. The van der Waals surface area contributed by atoms with Crippen molar-refractivity contribution >= 4 is 46.5 Å². The first kappa shape index (κ1) is 27.2. The molecule has 0 aliphatic heterocycles. The van der Waals surface area contributed by atoms with Gasteiger partial charge in [-0.05, 0) is 68.5 Å². The molecule has 0 aliphatic carbocycles. The summed E-state index contributed by atoms with van der Waals surface area (Å²) in [6, 6.07) is 14.5. The van der Waals surface area contributed by atoms with E-state index in [1.54, 1.807) is 44.3 Å². The number of carbonyl (C=O) groups excluding carboxylic acids is 3. The fraction of sp³-hybridized carbons (Fsp3) is 0.179. The summed E-state index contributed by atoms with van der Waals surface area (Å²) < 4.78 is 0. The van der Waals surface area contributed by atoms with Crippen molar-refractivity contribution in [3.63, 3.8) is 0 Å².